The van der Waals surface area contributed by atoms with Crippen LogP contribution in [0.25, 0.3) is 11.0 Å². The van der Waals surface area contributed by atoms with Gasteiger partial charge in [-0.1, -0.05) is 0 Å². The summed E-state index contributed by atoms with van der Waals surface area (Å²) in [5.74, 6) is 1.01. The molecule has 1 aliphatic carbocycles. The van der Waals surface area contributed by atoms with Crippen LogP contribution in [0.15, 0.2) is 31.0 Å². The fraction of sp³-hybridized carbons (Fsp3) is 0.412. The van der Waals surface area contributed by atoms with Crippen LogP contribution in [0, 0.1) is 5.41 Å². The molecule has 1 saturated carbocycles. The molecule has 0 unspecified atom stereocenters. The normalized spacial score (nSPS) is 19.4. The number of hydrogen-bond acceptors (Lipinski definition) is 5. The summed E-state index contributed by atoms with van der Waals surface area (Å²) in [4.78, 5) is 29.0. The predicted molar refractivity (Wildman–Crippen MR) is 92.3 cm³/mol. The van der Waals surface area contributed by atoms with Crippen molar-refractivity contribution < 1.29 is 4.79 Å². The zero-order valence-electron chi connectivity index (χ0n) is 13.8. The van der Waals surface area contributed by atoms with Crippen LogP contribution in [0.2, 0.25) is 0 Å². The summed E-state index contributed by atoms with van der Waals surface area (Å²) in [6.07, 6.45) is 9.06. The number of carbonyl (C=O) groups excluding carboxylic acids is 1. The summed E-state index contributed by atoms with van der Waals surface area (Å²) in [7, 11) is 0. The Kier molecular flexibility index (Phi) is 3.06. The Labute approximate surface area is 144 Å². The first-order chi connectivity index (χ1) is 12.2. The Bertz CT molecular complexity index is 912. The van der Waals surface area contributed by atoms with Crippen LogP contribution in [-0.4, -0.2) is 62.1 Å². The second-order valence-electron chi connectivity index (χ2n) is 7.07. The molecule has 1 amide bonds. The van der Waals surface area contributed by atoms with Gasteiger partial charge in [-0.2, -0.15) is 5.10 Å². The molecule has 2 fully saturated rings. The smallest absolute Gasteiger partial charge is 0.257 e. The maximum absolute atomic E-state index is 12.8. The number of nitrogens with zero attached hydrogens (tertiary/aromatic N) is 5. The minimum atomic E-state index is 0.0522. The highest BCUT2D eigenvalue weighted by Gasteiger charge is 2.48. The first-order valence-corrected chi connectivity index (χ1v) is 8.55. The molecule has 2 aliphatic rings. The van der Waals surface area contributed by atoms with Crippen LogP contribution in [0.5, 0.6) is 0 Å². The average Bonchev–Trinajstić information content (AvgIpc) is 3.03. The monoisotopic (exact) mass is 337 g/mol. The van der Waals surface area contributed by atoms with Gasteiger partial charge in [-0.05, 0) is 18.9 Å². The third-order valence-electron chi connectivity index (χ3n) is 5.31. The van der Waals surface area contributed by atoms with Gasteiger partial charge >= 0.3 is 0 Å². The number of nitrogens with one attached hydrogen (secondary N) is 2. The maximum Gasteiger partial charge on any atom is 0.257 e. The van der Waals surface area contributed by atoms with E-state index in [4.69, 9.17) is 0 Å². The van der Waals surface area contributed by atoms with E-state index in [0.29, 0.717) is 12.1 Å². The molecule has 0 aromatic carbocycles. The van der Waals surface area contributed by atoms with Crippen molar-refractivity contribution in [3.63, 3.8) is 0 Å². The summed E-state index contributed by atoms with van der Waals surface area (Å²) in [5.41, 5.74) is 1.66. The van der Waals surface area contributed by atoms with E-state index in [-0.39, 0.29) is 11.3 Å². The number of aromatic amines is 2. The van der Waals surface area contributed by atoms with Gasteiger partial charge in [0.15, 0.2) is 0 Å². The molecular weight excluding hydrogens is 318 g/mol. The van der Waals surface area contributed by atoms with Gasteiger partial charge in [0.05, 0.1) is 17.1 Å². The highest BCUT2D eigenvalue weighted by atomic mass is 16.2. The lowest BCUT2D eigenvalue weighted by molar-refractivity contribution is 0.0741. The molecule has 4 heterocycles. The predicted octanol–water partition coefficient (Wildman–Crippen LogP) is 1.42. The fourth-order valence-corrected chi connectivity index (χ4v) is 3.77. The van der Waals surface area contributed by atoms with Crippen LogP contribution in [0.1, 0.15) is 23.2 Å². The molecule has 3 aromatic rings. The van der Waals surface area contributed by atoms with Gasteiger partial charge in [-0.15, -0.1) is 0 Å². The SMILES string of the molecule is O=C(c1cn[nH]c1)N1CCN(c2ncnc3[nH]ccc23)CC2(CC2)C1. The van der Waals surface area contributed by atoms with Crippen molar-refractivity contribution in [3.8, 4) is 0 Å². The molecule has 0 atom stereocenters. The number of H-pyrrole nitrogens is 2. The first-order valence-electron chi connectivity index (χ1n) is 8.55. The summed E-state index contributed by atoms with van der Waals surface area (Å²) in [6, 6.07) is 2.02. The number of amides is 1. The standard InChI is InChI=1S/C17H19N7O/c25-16(12-7-21-22-8-12)24-6-5-23(9-17(10-24)2-3-17)15-13-1-4-18-14(13)19-11-20-15/h1,4,7-8,11H,2-3,5-6,9-10H2,(H,21,22)(H,18,19,20). The quantitative estimate of drug-likeness (QED) is 0.738. The Morgan fingerprint density at radius 1 is 1.20 bits per heavy atom. The molecule has 1 spiro atoms. The molecule has 0 radical (unpaired) electrons. The van der Waals surface area contributed by atoms with Crippen molar-refractivity contribution in [1.29, 1.82) is 0 Å². The highest BCUT2D eigenvalue weighted by Crippen LogP contribution is 2.48. The third kappa shape index (κ3) is 2.45. The molecule has 128 valence electrons. The van der Waals surface area contributed by atoms with Crippen LogP contribution in [0.3, 0.4) is 0 Å². The number of rotatable bonds is 2. The van der Waals surface area contributed by atoms with E-state index in [1.165, 1.54) is 0 Å². The lowest BCUT2D eigenvalue weighted by Gasteiger charge is -2.25. The molecule has 2 N–H and O–H groups in total. The molecule has 8 nitrogen and oxygen atoms in total. The lowest BCUT2D eigenvalue weighted by Crippen LogP contribution is -2.36. The maximum atomic E-state index is 12.8. The number of carbonyl (C=O) groups is 1. The molecule has 5 rings (SSSR count). The minimum Gasteiger partial charge on any atom is -0.354 e. The zero-order valence-corrected chi connectivity index (χ0v) is 13.8. The lowest BCUT2D eigenvalue weighted by atomic mass is 10.1. The Hall–Kier alpha value is -2.90. The van der Waals surface area contributed by atoms with Crippen molar-refractivity contribution in [3.05, 3.63) is 36.5 Å². The second kappa shape index (κ2) is 5.30. The number of fused-ring (bicyclic) bond motifs is 1. The van der Waals surface area contributed by atoms with Crippen molar-refractivity contribution in [2.24, 2.45) is 5.41 Å². The topological polar surface area (TPSA) is 93.8 Å². The summed E-state index contributed by atoms with van der Waals surface area (Å²) in [6.45, 7) is 3.18. The summed E-state index contributed by atoms with van der Waals surface area (Å²) < 4.78 is 0. The highest BCUT2D eigenvalue weighted by molar-refractivity contribution is 5.94. The molecule has 25 heavy (non-hydrogen) atoms. The van der Waals surface area contributed by atoms with E-state index >= 15 is 0 Å². The molecule has 8 heteroatoms. The van der Waals surface area contributed by atoms with Gasteiger partial charge in [-0.3, -0.25) is 9.89 Å². The molecule has 1 aliphatic heterocycles. The third-order valence-corrected chi connectivity index (χ3v) is 5.31. The largest absolute Gasteiger partial charge is 0.354 e. The van der Waals surface area contributed by atoms with Crippen molar-refractivity contribution in [2.75, 3.05) is 31.1 Å². The average molecular weight is 337 g/mol. The van der Waals surface area contributed by atoms with Gasteiger partial charge in [0, 0.05) is 44.0 Å². The van der Waals surface area contributed by atoms with Gasteiger partial charge in [0.25, 0.3) is 5.91 Å². The van der Waals surface area contributed by atoms with Gasteiger partial charge in [0.1, 0.15) is 17.8 Å². The Morgan fingerprint density at radius 2 is 2.12 bits per heavy atom. The Morgan fingerprint density at radius 3 is 2.92 bits per heavy atom. The van der Waals surface area contributed by atoms with Crippen molar-refractivity contribution in [1.82, 2.24) is 30.0 Å². The van der Waals surface area contributed by atoms with Crippen LogP contribution < -0.4 is 4.90 Å². The van der Waals surface area contributed by atoms with Gasteiger partial charge in [-0.25, -0.2) is 9.97 Å². The number of hydrogen-bond donors (Lipinski definition) is 2. The second-order valence-corrected chi connectivity index (χ2v) is 7.07. The molecule has 3 aromatic heterocycles. The van der Waals surface area contributed by atoms with E-state index < -0.39 is 0 Å². The van der Waals surface area contributed by atoms with E-state index in [1.807, 2.05) is 17.2 Å². The molecule has 0 bridgehead atoms. The van der Waals surface area contributed by atoms with Crippen LogP contribution in [-0.2, 0) is 0 Å². The van der Waals surface area contributed by atoms with Crippen LogP contribution in [0.4, 0.5) is 5.82 Å². The summed E-state index contributed by atoms with van der Waals surface area (Å²) >= 11 is 0. The zero-order chi connectivity index (χ0) is 16.9. The van der Waals surface area contributed by atoms with E-state index in [1.54, 1.807) is 18.7 Å². The van der Waals surface area contributed by atoms with Crippen LogP contribution >= 0.6 is 0 Å². The van der Waals surface area contributed by atoms with Gasteiger partial charge < -0.3 is 14.8 Å². The van der Waals surface area contributed by atoms with Crippen molar-refractivity contribution in [2.45, 2.75) is 12.8 Å². The van der Waals surface area contributed by atoms with Crippen molar-refractivity contribution >= 4 is 22.8 Å². The number of aromatic nitrogens is 5. The Balaban J connectivity index is 1.45. The molecular formula is C17H19N7O. The fourth-order valence-electron chi connectivity index (χ4n) is 3.77. The van der Waals surface area contributed by atoms with E-state index in [2.05, 4.69) is 30.0 Å². The van der Waals surface area contributed by atoms with E-state index in [9.17, 15) is 4.79 Å². The number of anilines is 1. The van der Waals surface area contributed by atoms with E-state index in [0.717, 1.165) is 49.3 Å². The van der Waals surface area contributed by atoms with Gasteiger partial charge in [0.2, 0.25) is 0 Å². The first kappa shape index (κ1) is 14.4. The summed E-state index contributed by atoms with van der Waals surface area (Å²) in [5, 5.41) is 7.66. The molecule has 1 saturated heterocycles. The minimum absolute atomic E-state index is 0.0522.